The number of fused-ring (bicyclic) bond motifs is 2. The highest BCUT2D eigenvalue weighted by Crippen LogP contribution is 2.43. The third-order valence-corrected chi connectivity index (χ3v) is 6.46. The number of hydrogen-bond acceptors (Lipinski definition) is 4. The zero-order valence-corrected chi connectivity index (χ0v) is 17.9. The van der Waals surface area contributed by atoms with E-state index in [1.165, 1.54) is 5.56 Å². The molecule has 2 unspecified atom stereocenters. The van der Waals surface area contributed by atoms with Gasteiger partial charge in [-0.05, 0) is 62.8 Å². The lowest BCUT2D eigenvalue weighted by molar-refractivity contribution is -0.121. The van der Waals surface area contributed by atoms with Crippen LogP contribution >= 0.6 is 0 Å². The molecule has 0 spiro atoms. The second kappa shape index (κ2) is 7.51. The summed E-state index contributed by atoms with van der Waals surface area (Å²) in [6, 6.07) is 16.3. The van der Waals surface area contributed by atoms with E-state index in [4.69, 9.17) is 0 Å². The molecule has 2 aliphatic heterocycles. The Kier molecular flexibility index (Phi) is 4.82. The number of carbonyl (C=O) groups excluding carboxylic acids is 1. The van der Waals surface area contributed by atoms with Crippen molar-refractivity contribution in [1.82, 2.24) is 19.9 Å². The van der Waals surface area contributed by atoms with Crippen molar-refractivity contribution in [1.29, 1.82) is 0 Å². The molecule has 2 fully saturated rings. The van der Waals surface area contributed by atoms with Gasteiger partial charge in [-0.15, -0.1) is 5.10 Å². The third kappa shape index (κ3) is 3.10. The SMILES string of the molecule is Cc1ccc(N2C(=O)[C@H](CC(C)C)N3C2CCCC3n2nnc3ccccc32)cc1. The van der Waals surface area contributed by atoms with Crippen molar-refractivity contribution in [2.24, 2.45) is 5.92 Å². The molecule has 0 radical (unpaired) electrons. The standard InChI is InChI=1S/C24H29N5O/c1-16(2)15-21-24(30)27(18-13-11-17(3)12-14-18)22-9-6-10-23(28(21)22)29-20-8-5-4-7-19(20)25-26-29/h4-5,7-8,11-14,16,21-23H,6,9-10,15H2,1-3H3/t21-,22?,23?/m0/s1. The monoisotopic (exact) mass is 403 g/mol. The number of anilines is 1. The lowest BCUT2D eigenvalue weighted by atomic mass is 9.99. The fraction of sp³-hybridized carbons (Fsp3) is 0.458. The first kappa shape index (κ1) is 19.2. The van der Waals surface area contributed by atoms with E-state index in [-0.39, 0.29) is 24.3 Å². The molecule has 3 atom stereocenters. The molecule has 156 valence electrons. The van der Waals surface area contributed by atoms with Gasteiger partial charge in [-0.1, -0.05) is 48.9 Å². The van der Waals surface area contributed by atoms with E-state index in [2.05, 4.69) is 66.3 Å². The molecule has 3 heterocycles. The highest BCUT2D eigenvalue weighted by atomic mass is 16.2. The van der Waals surface area contributed by atoms with Crippen LogP contribution in [0.4, 0.5) is 5.69 Å². The Morgan fingerprint density at radius 1 is 1.03 bits per heavy atom. The van der Waals surface area contributed by atoms with Gasteiger partial charge in [0, 0.05) is 5.69 Å². The Morgan fingerprint density at radius 2 is 1.77 bits per heavy atom. The van der Waals surface area contributed by atoms with Crippen molar-refractivity contribution in [3.05, 3.63) is 54.1 Å². The molecule has 6 heteroatoms. The number of carbonyl (C=O) groups is 1. The summed E-state index contributed by atoms with van der Waals surface area (Å²) in [5, 5.41) is 8.91. The molecular formula is C24H29N5O. The molecule has 1 aromatic heterocycles. The Morgan fingerprint density at radius 3 is 2.53 bits per heavy atom. The van der Waals surface area contributed by atoms with Crippen LogP contribution in [0.5, 0.6) is 0 Å². The number of aromatic nitrogens is 3. The molecule has 2 aromatic carbocycles. The Bertz CT molecular complexity index is 1060. The summed E-state index contributed by atoms with van der Waals surface area (Å²) < 4.78 is 2.04. The molecule has 0 aliphatic carbocycles. The summed E-state index contributed by atoms with van der Waals surface area (Å²) >= 11 is 0. The molecule has 3 aromatic rings. The number of rotatable bonds is 4. The van der Waals surface area contributed by atoms with Crippen LogP contribution in [0.15, 0.2) is 48.5 Å². The van der Waals surface area contributed by atoms with Crippen molar-refractivity contribution in [3.63, 3.8) is 0 Å². The summed E-state index contributed by atoms with van der Waals surface area (Å²) in [7, 11) is 0. The summed E-state index contributed by atoms with van der Waals surface area (Å²) in [6.45, 7) is 6.47. The fourth-order valence-corrected chi connectivity index (χ4v) is 5.12. The molecule has 6 nitrogen and oxygen atoms in total. The van der Waals surface area contributed by atoms with E-state index in [0.29, 0.717) is 5.92 Å². The van der Waals surface area contributed by atoms with Gasteiger partial charge < -0.3 is 0 Å². The van der Waals surface area contributed by atoms with E-state index in [9.17, 15) is 4.79 Å². The van der Waals surface area contributed by atoms with Gasteiger partial charge in [-0.25, -0.2) is 9.58 Å². The maximum atomic E-state index is 13.7. The second-order valence-corrected chi connectivity index (χ2v) is 9.05. The first-order valence-electron chi connectivity index (χ1n) is 11.0. The fourth-order valence-electron chi connectivity index (χ4n) is 5.12. The van der Waals surface area contributed by atoms with Crippen molar-refractivity contribution in [2.75, 3.05) is 4.90 Å². The van der Waals surface area contributed by atoms with Crippen LogP contribution in [-0.4, -0.2) is 38.0 Å². The predicted molar refractivity (Wildman–Crippen MR) is 118 cm³/mol. The largest absolute Gasteiger partial charge is 0.295 e. The second-order valence-electron chi connectivity index (χ2n) is 9.05. The number of benzene rings is 2. The van der Waals surface area contributed by atoms with E-state index in [1.54, 1.807) is 0 Å². The van der Waals surface area contributed by atoms with Gasteiger partial charge in [0.05, 0.1) is 17.7 Å². The van der Waals surface area contributed by atoms with Gasteiger partial charge in [0.25, 0.3) is 0 Å². The smallest absolute Gasteiger partial charge is 0.245 e. The summed E-state index contributed by atoms with van der Waals surface area (Å²) in [5.41, 5.74) is 4.14. The average molecular weight is 404 g/mol. The molecule has 0 saturated carbocycles. The van der Waals surface area contributed by atoms with Crippen LogP contribution in [-0.2, 0) is 4.79 Å². The highest BCUT2D eigenvalue weighted by Gasteiger charge is 2.51. The number of amides is 1. The summed E-state index contributed by atoms with van der Waals surface area (Å²) in [5.74, 6) is 0.654. The molecule has 2 saturated heterocycles. The van der Waals surface area contributed by atoms with Crippen molar-refractivity contribution in [2.45, 2.75) is 64.8 Å². The van der Waals surface area contributed by atoms with Gasteiger partial charge in [-0.2, -0.15) is 0 Å². The molecular weight excluding hydrogens is 374 g/mol. The Labute approximate surface area is 177 Å². The van der Waals surface area contributed by atoms with Gasteiger partial charge in [0.1, 0.15) is 11.7 Å². The lowest BCUT2D eigenvalue weighted by Crippen LogP contribution is -2.48. The number of nitrogens with zero attached hydrogens (tertiary/aromatic N) is 5. The predicted octanol–water partition coefficient (Wildman–Crippen LogP) is 4.51. The molecule has 30 heavy (non-hydrogen) atoms. The topological polar surface area (TPSA) is 54.3 Å². The van der Waals surface area contributed by atoms with Gasteiger partial charge in [-0.3, -0.25) is 9.69 Å². The van der Waals surface area contributed by atoms with E-state index in [0.717, 1.165) is 42.4 Å². The molecule has 0 bridgehead atoms. The zero-order chi connectivity index (χ0) is 20.8. The van der Waals surface area contributed by atoms with Crippen LogP contribution in [0.1, 0.15) is 51.3 Å². The van der Waals surface area contributed by atoms with Crippen LogP contribution in [0.25, 0.3) is 11.0 Å². The van der Waals surface area contributed by atoms with Crippen LogP contribution < -0.4 is 4.90 Å². The third-order valence-electron chi connectivity index (χ3n) is 6.46. The molecule has 0 N–H and O–H groups in total. The Hall–Kier alpha value is -2.73. The number of para-hydroxylation sites is 1. The summed E-state index contributed by atoms with van der Waals surface area (Å²) in [6.07, 6.45) is 3.97. The summed E-state index contributed by atoms with van der Waals surface area (Å²) in [4.78, 5) is 18.2. The quantitative estimate of drug-likeness (QED) is 0.643. The van der Waals surface area contributed by atoms with Crippen LogP contribution in [0.3, 0.4) is 0 Å². The van der Waals surface area contributed by atoms with Gasteiger partial charge in [0.2, 0.25) is 5.91 Å². The normalized spacial score (nSPS) is 24.7. The maximum Gasteiger partial charge on any atom is 0.245 e. The number of piperidine rings is 1. The first-order valence-corrected chi connectivity index (χ1v) is 11.0. The molecule has 1 amide bonds. The van der Waals surface area contributed by atoms with Gasteiger partial charge >= 0.3 is 0 Å². The van der Waals surface area contributed by atoms with E-state index >= 15 is 0 Å². The highest BCUT2D eigenvalue weighted by molar-refractivity contribution is 6.00. The molecule has 5 rings (SSSR count). The number of hydrogen-bond donors (Lipinski definition) is 0. The van der Waals surface area contributed by atoms with Gasteiger partial charge in [0.15, 0.2) is 0 Å². The molecule has 2 aliphatic rings. The van der Waals surface area contributed by atoms with Crippen molar-refractivity contribution in [3.8, 4) is 0 Å². The minimum Gasteiger partial charge on any atom is -0.295 e. The van der Waals surface area contributed by atoms with Crippen molar-refractivity contribution >= 4 is 22.6 Å². The van der Waals surface area contributed by atoms with Crippen LogP contribution in [0.2, 0.25) is 0 Å². The zero-order valence-electron chi connectivity index (χ0n) is 17.9. The average Bonchev–Trinajstić information content (AvgIpc) is 3.28. The number of aryl methyl sites for hydroxylation is 1. The minimum atomic E-state index is -0.135. The maximum absolute atomic E-state index is 13.7. The van der Waals surface area contributed by atoms with Crippen LogP contribution in [0, 0.1) is 12.8 Å². The van der Waals surface area contributed by atoms with E-state index < -0.39 is 0 Å². The first-order chi connectivity index (χ1) is 14.5. The van der Waals surface area contributed by atoms with E-state index in [1.807, 2.05) is 27.8 Å². The van der Waals surface area contributed by atoms with Crippen molar-refractivity contribution < 1.29 is 4.79 Å². The minimum absolute atomic E-state index is 0.0410. The lowest BCUT2D eigenvalue weighted by Gasteiger charge is -2.41. The Balaban J connectivity index is 1.59.